The Morgan fingerprint density at radius 3 is 2.62 bits per heavy atom. The van der Waals surface area contributed by atoms with Crippen molar-refractivity contribution in [2.75, 3.05) is 25.0 Å². The highest BCUT2D eigenvalue weighted by atomic mass is 32.1. The van der Waals surface area contributed by atoms with Crippen molar-refractivity contribution >= 4 is 39.1 Å². The van der Waals surface area contributed by atoms with Gasteiger partial charge in [0.2, 0.25) is 5.91 Å². The van der Waals surface area contributed by atoms with Crippen LogP contribution in [0.15, 0.2) is 35.4 Å². The Kier molecular flexibility index (Phi) is 7.02. The van der Waals surface area contributed by atoms with E-state index in [9.17, 15) is 14.4 Å². The van der Waals surface area contributed by atoms with Crippen LogP contribution in [0.25, 0.3) is 10.2 Å². The van der Waals surface area contributed by atoms with Crippen LogP contribution in [-0.4, -0.2) is 46.0 Å². The molecule has 4 rings (SSSR count). The van der Waals surface area contributed by atoms with Gasteiger partial charge in [0.1, 0.15) is 17.1 Å². The summed E-state index contributed by atoms with van der Waals surface area (Å²) < 4.78 is 6.93. The first-order valence-electron chi connectivity index (χ1n) is 11.6. The number of para-hydroxylation sites is 2. The lowest BCUT2D eigenvalue weighted by atomic mass is 9.92. The molecule has 0 bridgehead atoms. The standard InChI is InChI=1S/C25H30N4O4S/c1-5-33-19-9-7-6-8-18(19)27-23(31)22-17(4)21-24(34-22)26-14-29(25(21)32)13-20(30)28-11-15(2)10-16(3)12-28/h6-9,14-16H,5,10-13H2,1-4H3,(H,27,31)/t15-,16+. The number of thiophene rings is 1. The number of amides is 2. The van der Waals surface area contributed by atoms with Gasteiger partial charge in [-0.05, 0) is 49.8 Å². The highest BCUT2D eigenvalue weighted by Gasteiger charge is 2.26. The maximum Gasteiger partial charge on any atom is 0.266 e. The fraction of sp³-hybridized carbons (Fsp3) is 0.440. The molecule has 180 valence electrons. The molecule has 1 fully saturated rings. The molecule has 0 spiro atoms. The second kappa shape index (κ2) is 9.97. The number of aryl methyl sites for hydroxylation is 1. The summed E-state index contributed by atoms with van der Waals surface area (Å²) in [6, 6.07) is 7.21. The van der Waals surface area contributed by atoms with Gasteiger partial charge in [-0.1, -0.05) is 26.0 Å². The summed E-state index contributed by atoms with van der Waals surface area (Å²) in [5.41, 5.74) is 0.817. The maximum absolute atomic E-state index is 13.2. The average molecular weight is 483 g/mol. The molecule has 0 saturated carbocycles. The fourth-order valence-electron chi connectivity index (χ4n) is 4.63. The summed E-state index contributed by atoms with van der Waals surface area (Å²) in [5, 5.41) is 3.26. The van der Waals surface area contributed by atoms with E-state index in [0.29, 0.717) is 63.6 Å². The highest BCUT2D eigenvalue weighted by molar-refractivity contribution is 7.20. The van der Waals surface area contributed by atoms with Gasteiger partial charge < -0.3 is 15.0 Å². The highest BCUT2D eigenvalue weighted by Crippen LogP contribution is 2.30. The molecule has 2 atom stereocenters. The van der Waals surface area contributed by atoms with Crippen molar-refractivity contribution in [2.45, 2.75) is 40.7 Å². The molecule has 0 aliphatic carbocycles. The van der Waals surface area contributed by atoms with E-state index in [4.69, 9.17) is 4.74 Å². The van der Waals surface area contributed by atoms with Crippen molar-refractivity contribution in [1.82, 2.24) is 14.5 Å². The number of fused-ring (bicyclic) bond motifs is 1. The lowest BCUT2D eigenvalue weighted by molar-refractivity contribution is -0.134. The third-order valence-electron chi connectivity index (χ3n) is 6.09. The monoisotopic (exact) mass is 482 g/mol. The molecule has 9 heteroatoms. The molecule has 1 aliphatic rings. The Morgan fingerprint density at radius 2 is 1.91 bits per heavy atom. The van der Waals surface area contributed by atoms with Crippen LogP contribution in [0.4, 0.5) is 5.69 Å². The second-order valence-corrected chi connectivity index (χ2v) is 10.0. The average Bonchev–Trinajstić information content (AvgIpc) is 3.13. The molecule has 1 aromatic carbocycles. The summed E-state index contributed by atoms with van der Waals surface area (Å²) in [7, 11) is 0. The van der Waals surface area contributed by atoms with Crippen LogP contribution >= 0.6 is 11.3 Å². The van der Waals surface area contributed by atoms with Gasteiger partial charge in [-0.2, -0.15) is 0 Å². The van der Waals surface area contributed by atoms with Crippen molar-refractivity contribution in [2.24, 2.45) is 11.8 Å². The van der Waals surface area contributed by atoms with Crippen LogP contribution in [0.5, 0.6) is 5.75 Å². The summed E-state index contributed by atoms with van der Waals surface area (Å²) in [5.74, 6) is 1.06. The summed E-state index contributed by atoms with van der Waals surface area (Å²) in [6.45, 7) is 9.74. The van der Waals surface area contributed by atoms with E-state index in [1.807, 2.05) is 24.0 Å². The van der Waals surface area contributed by atoms with Crippen LogP contribution in [-0.2, 0) is 11.3 Å². The van der Waals surface area contributed by atoms with Crippen LogP contribution in [0.1, 0.15) is 42.4 Å². The minimum absolute atomic E-state index is 0.0558. The first-order valence-corrected chi connectivity index (χ1v) is 12.4. The molecule has 3 heterocycles. The van der Waals surface area contributed by atoms with E-state index in [0.717, 1.165) is 6.42 Å². The number of nitrogens with zero attached hydrogens (tertiary/aromatic N) is 3. The van der Waals surface area contributed by atoms with Crippen LogP contribution in [0.3, 0.4) is 0 Å². The molecule has 1 saturated heterocycles. The zero-order chi connectivity index (χ0) is 24.4. The Labute approximate surface area is 202 Å². The molecule has 2 aromatic heterocycles. The number of rotatable bonds is 6. The molecular weight excluding hydrogens is 452 g/mol. The number of benzene rings is 1. The predicted molar refractivity (Wildman–Crippen MR) is 134 cm³/mol. The number of ether oxygens (including phenoxy) is 1. The van der Waals surface area contributed by atoms with E-state index in [1.54, 1.807) is 19.1 Å². The molecule has 3 aromatic rings. The van der Waals surface area contributed by atoms with Gasteiger partial charge in [0, 0.05) is 13.1 Å². The first-order chi connectivity index (χ1) is 16.3. The van der Waals surface area contributed by atoms with E-state index >= 15 is 0 Å². The third kappa shape index (κ3) is 4.84. The Morgan fingerprint density at radius 1 is 1.21 bits per heavy atom. The van der Waals surface area contributed by atoms with Gasteiger partial charge >= 0.3 is 0 Å². The van der Waals surface area contributed by atoms with E-state index in [-0.39, 0.29) is 23.9 Å². The van der Waals surface area contributed by atoms with Crippen LogP contribution in [0.2, 0.25) is 0 Å². The van der Waals surface area contributed by atoms with Gasteiger partial charge in [-0.25, -0.2) is 4.98 Å². The second-order valence-electron chi connectivity index (χ2n) is 9.04. The zero-order valence-corrected chi connectivity index (χ0v) is 20.8. The van der Waals surface area contributed by atoms with Crippen molar-refractivity contribution in [3.63, 3.8) is 0 Å². The smallest absolute Gasteiger partial charge is 0.266 e. The van der Waals surface area contributed by atoms with Crippen molar-refractivity contribution in [3.05, 3.63) is 51.4 Å². The third-order valence-corrected chi connectivity index (χ3v) is 7.28. The molecular formula is C25H30N4O4S. The van der Waals surface area contributed by atoms with E-state index < -0.39 is 0 Å². The number of hydrogen-bond acceptors (Lipinski definition) is 6. The predicted octanol–water partition coefficient (Wildman–Crippen LogP) is 3.92. The number of nitrogens with one attached hydrogen (secondary N) is 1. The normalized spacial score (nSPS) is 18.2. The van der Waals surface area contributed by atoms with Crippen molar-refractivity contribution in [3.8, 4) is 5.75 Å². The summed E-state index contributed by atoms with van der Waals surface area (Å²) in [4.78, 5) is 46.3. The Hall–Kier alpha value is -3.20. The number of likely N-dealkylation sites (tertiary alicyclic amines) is 1. The number of anilines is 1. The number of piperidine rings is 1. The molecule has 8 nitrogen and oxygen atoms in total. The van der Waals surface area contributed by atoms with Gasteiger partial charge in [-0.3, -0.25) is 19.0 Å². The van der Waals surface area contributed by atoms with Crippen LogP contribution in [0, 0.1) is 18.8 Å². The maximum atomic E-state index is 13.2. The number of carbonyl (C=O) groups is 2. The molecule has 2 amide bonds. The van der Waals surface area contributed by atoms with Crippen molar-refractivity contribution < 1.29 is 14.3 Å². The molecule has 0 unspecified atom stereocenters. The molecule has 1 N–H and O–H groups in total. The Balaban J connectivity index is 1.58. The number of aromatic nitrogens is 2. The fourth-order valence-corrected chi connectivity index (χ4v) is 5.67. The minimum Gasteiger partial charge on any atom is -0.492 e. The van der Waals surface area contributed by atoms with E-state index in [2.05, 4.69) is 24.1 Å². The lowest BCUT2D eigenvalue weighted by Crippen LogP contribution is -2.44. The van der Waals surface area contributed by atoms with E-state index in [1.165, 1.54) is 22.2 Å². The molecule has 34 heavy (non-hydrogen) atoms. The molecule has 0 radical (unpaired) electrons. The topological polar surface area (TPSA) is 93.5 Å². The van der Waals surface area contributed by atoms with Gasteiger partial charge in [-0.15, -0.1) is 11.3 Å². The largest absolute Gasteiger partial charge is 0.492 e. The SMILES string of the molecule is CCOc1ccccc1NC(=O)c1sc2ncn(CC(=O)N3C[C@H](C)C[C@H](C)C3)c(=O)c2c1C. The van der Waals surface area contributed by atoms with Crippen LogP contribution < -0.4 is 15.6 Å². The quantitative estimate of drug-likeness (QED) is 0.575. The van der Waals surface area contributed by atoms with Gasteiger partial charge in [0.15, 0.2) is 0 Å². The van der Waals surface area contributed by atoms with Gasteiger partial charge in [0.05, 0.1) is 28.9 Å². The number of carbonyl (C=O) groups excluding carboxylic acids is 2. The molecule has 1 aliphatic heterocycles. The van der Waals surface area contributed by atoms with Gasteiger partial charge in [0.25, 0.3) is 11.5 Å². The summed E-state index contributed by atoms with van der Waals surface area (Å²) >= 11 is 1.17. The first kappa shape index (κ1) is 23.9. The summed E-state index contributed by atoms with van der Waals surface area (Å²) in [6.07, 6.45) is 2.51. The minimum atomic E-state index is -0.328. The lowest BCUT2D eigenvalue weighted by Gasteiger charge is -2.35. The Bertz CT molecular complexity index is 1270. The van der Waals surface area contributed by atoms with Crippen molar-refractivity contribution in [1.29, 1.82) is 0 Å². The number of hydrogen-bond donors (Lipinski definition) is 1. The zero-order valence-electron chi connectivity index (χ0n) is 20.0.